The quantitative estimate of drug-likeness (QED) is 0.750. The predicted octanol–water partition coefficient (Wildman–Crippen LogP) is 1.89. The van der Waals surface area contributed by atoms with Crippen molar-refractivity contribution in [2.45, 2.75) is 26.3 Å². The highest BCUT2D eigenvalue weighted by atomic mass is 19.2. The third-order valence-corrected chi connectivity index (χ3v) is 3.16. The van der Waals surface area contributed by atoms with Crippen molar-refractivity contribution in [2.75, 3.05) is 25.5 Å². The van der Waals surface area contributed by atoms with Gasteiger partial charge in [0.05, 0.1) is 18.8 Å². The van der Waals surface area contributed by atoms with Gasteiger partial charge in [-0.05, 0) is 32.5 Å². The van der Waals surface area contributed by atoms with Gasteiger partial charge in [0, 0.05) is 6.04 Å². The minimum Gasteiger partial charge on any atom is -0.353 e. The van der Waals surface area contributed by atoms with Crippen LogP contribution in [0.5, 0.6) is 0 Å². The molecule has 0 bridgehead atoms. The Kier molecular flexibility index (Phi) is 7.02. The number of nitrogens with zero attached hydrogens (tertiary/aromatic N) is 1. The molecule has 0 unspecified atom stereocenters. The van der Waals surface area contributed by atoms with Crippen molar-refractivity contribution in [2.24, 2.45) is 0 Å². The lowest BCUT2D eigenvalue weighted by molar-refractivity contribution is -0.123. The van der Waals surface area contributed by atoms with Gasteiger partial charge in [-0.3, -0.25) is 14.5 Å². The largest absolute Gasteiger partial charge is 0.353 e. The van der Waals surface area contributed by atoms with Crippen LogP contribution in [0.1, 0.15) is 20.3 Å². The zero-order valence-corrected chi connectivity index (χ0v) is 13.3. The van der Waals surface area contributed by atoms with Crippen molar-refractivity contribution >= 4 is 17.5 Å². The van der Waals surface area contributed by atoms with E-state index in [0.717, 1.165) is 18.6 Å². The van der Waals surface area contributed by atoms with Crippen molar-refractivity contribution in [1.82, 2.24) is 10.2 Å². The molecule has 0 spiro atoms. The molecule has 0 saturated heterocycles. The number of nitrogens with one attached hydrogen (secondary N) is 2. The topological polar surface area (TPSA) is 61.4 Å². The Bertz CT molecular complexity index is 581. The number of carbonyl (C=O) groups excluding carboxylic acids is 2. The van der Waals surface area contributed by atoms with Gasteiger partial charge >= 0.3 is 0 Å². The molecule has 5 nitrogen and oxygen atoms in total. The molecule has 1 aromatic rings. The van der Waals surface area contributed by atoms with Gasteiger partial charge in [-0.1, -0.05) is 6.92 Å². The maximum absolute atomic E-state index is 13.4. The highest BCUT2D eigenvalue weighted by Crippen LogP contribution is 2.19. The van der Waals surface area contributed by atoms with Crippen LogP contribution in [0.2, 0.25) is 0 Å². The van der Waals surface area contributed by atoms with Crippen LogP contribution in [-0.2, 0) is 9.59 Å². The molecular formula is C15H20F3N3O2. The van der Waals surface area contributed by atoms with Gasteiger partial charge < -0.3 is 10.6 Å². The highest BCUT2D eigenvalue weighted by molar-refractivity contribution is 5.92. The molecule has 0 radical (unpaired) electrons. The number of halogens is 3. The standard InChI is InChI=1S/C15H20F3N3O2/c1-4-9(2)19-12(22)7-21(3)8-13(23)20-11-6-5-10(16)14(17)15(11)18/h5-6,9H,4,7-8H2,1-3H3,(H,19,22)(H,20,23)/t9-/m1/s1. The average molecular weight is 331 g/mol. The van der Waals surface area contributed by atoms with Gasteiger partial charge in [0.15, 0.2) is 17.5 Å². The summed E-state index contributed by atoms with van der Waals surface area (Å²) in [6.45, 7) is 3.57. The molecule has 0 heterocycles. The second-order valence-corrected chi connectivity index (χ2v) is 5.32. The molecule has 1 atom stereocenters. The minimum atomic E-state index is -1.65. The van der Waals surface area contributed by atoms with E-state index in [1.807, 2.05) is 13.8 Å². The summed E-state index contributed by atoms with van der Waals surface area (Å²) < 4.78 is 39.3. The first kappa shape index (κ1) is 19.0. The predicted molar refractivity (Wildman–Crippen MR) is 80.3 cm³/mol. The lowest BCUT2D eigenvalue weighted by Gasteiger charge is -2.18. The van der Waals surface area contributed by atoms with E-state index in [0.29, 0.717) is 0 Å². The van der Waals surface area contributed by atoms with Crippen LogP contribution in [0.15, 0.2) is 12.1 Å². The summed E-state index contributed by atoms with van der Waals surface area (Å²) in [5.74, 6) is -5.33. The Hall–Kier alpha value is -2.09. The smallest absolute Gasteiger partial charge is 0.238 e. The third-order valence-electron chi connectivity index (χ3n) is 3.16. The number of likely N-dealkylation sites (N-methyl/N-ethyl adjacent to an activating group) is 1. The second kappa shape index (κ2) is 8.52. The van der Waals surface area contributed by atoms with E-state index in [1.165, 1.54) is 11.9 Å². The summed E-state index contributed by atoms with van der Waals surface area (Å²) in [6, 6.07) is 1.68. The highest BCUT2D eigenvalue weighted by Gasteiger charge is 2.17. The molecule has 0 aromatic heterocycles. The number of hydrogen-bond acceptors (Lipinski definition) is 3. The fourth-order valence-electron chi connectivity index (χ4n) is 1.78. The Morgan fingerprint density at radius 3 is 2.35 bits per heavy atom. The molecular weight excluding hydrogens is 311 g/mol. The Morgan fingerprint density at radius 2 is 1.74 bits per heavy atom. The molecule has 0 aliphatic heterocycles. The number of carbonyl (C=O) groups is 2. The first-order valence-corrected chi connectivity index (χ1v) is 7.15. The van der Waals surface area contributed by atoms with Gasteiger partial charge in [-0.2, -0.15) is 0 Å². The SMILES string of the molecule is CC[C@@H](C)NC(=O)CN(C)CC(=O)Nc1ccc(F)c(F)c1F. The average Bonchev–Trinajstić information content (AvgIpc) is 2.47. The minimum absolute atomic E-state index is 0.0159. The molecule has 2 amide bonds. The lowest BCUT2D eigenvalue weighted by atomic mass is 10.2. The van der Waals surface area contributed by atoms with Crippen molar-refractivity contribution in [3.63, 3.8) is 0 Å². The molecule has 128 valence electrons. The molecule has 0 fully saturated rings. The van der Waals surface area contributed by atoms with Gasteiger partial charge in [-0.25, -0.2) is 13.2 Å². The second-order valence-electron chi connectivity index (χ2n) is 5.32. The number of anilines is 1. The molecule has 0 aliphatic rings. The maximum atomic E-state index is 13.4. The van der Waals surface area contributed by atoms with Crippen molar-refractivity contribution < 1.29 is 22.8 Å². The monoisotopic (exact) mass is 331 g/mol. The van der Waals surface area contributed by atoms with E-state index in [9.17, 15) is 22.8 Å². The number of rotatable bonds is 7. The molecule has 1 rings (SSSR count). The number of amides is 2. The van der Waals surface area contributed by atoms with Crippen LogP contribution in [0.3, 0.4) is 0 Å². The van der Waals surface area contributed by atoms with Crippen molar-refractivity contribution in [3.05, 3.63) is 29.6 Å². The van der Waals surface area contributed by atoms with Gasteiger partial charge in [0.2, 0.25) is 11.8 Å². The maximum Gasteiger partial charge on any atom is 0.238 e. The first-order valence-electron chi connectivity index (χ1n) is 7.15. The van der Waals surface area contributed by atoms with Gasteiger partial charge in [-0.15, -0.1) is 0 Å². The fourth-order valence-corrected chi connectivity index (χ4v) is 1.78. The van der Waals surface area contributed by atoms with E-state index in [4.69, 9.17) is 0 Å². The summed E-state index contributed by atoms with van der Waals surface area (Å²) in [7, 11) is 1.54. The van der Waals surface area contributed by atoms with E-state index < -0.39 is 29.0 Å². The summed E-state index contributed by atoms with van der Waals surface area (Å²) in [6.07, 6.45) is 0.783. The first-order chi connectivity index (χ1) is 10.7. The summed E-state index contributed by atoms with van der Waals surface area (Å²) in [5, 5.41) is 4.88. The molecule has 1 aromatic carbocycles. The van der Waals surface area contributed by atoms with Gasteiger partial charge in [0.1, 0.15) is 0 Å². The van der Waals surface area contributed by atoms with Crippen LogP contribution in [0, 0.1) is 17.5 Å². The fraction of sp³-hybridized carbons (Fsp3) is 0.467. The number of hydrogen-bond donors (Lipinski definition) is 2. The molecule has 2 N–H and O–H groups in total. The van der Waals surface area contributed by atoms with E-state index >= 15 is 0 Å². The van der Waals surface area contributed by atoms with E-state index in [-0.39, 0.29) is 25.0 Å². The lowest BCUT2D eigenvalue weighted by Crippen LogP contribution is -2.41. The Balaban J connectivity index is 2.53. The van der Waals surface area contributed by atoms with Crippen LogP contribution < -0.4 is 10.6 Å². The van der Waals surface area contributed by atoms with Crippen LogP contribution in [-0.4, -0.2) is 42.9 Å². The van der Waals surface area contributed by atoms with E-state index in [2.05, 4.69) is 10.6 Å². The summed E-state index contributed by atoms with van der Waals surface area (Å²) in [5.41, 5.74) is -0.452. The zero-order valence-electron chi connectivity index (χ0n) is 13.3. The van der Waals surface area contributed by atoms with Crippen molar-refractivity contribution in [3.8, 4) is 0 Å². The van der Waals surface area contributed by atoms with Crippen LogP contribution in [0.25, 0.3) is 0 Å². The molecule has 0 aliphatic carbocycles. The zero-order chi connectivity index (χ0) is 17.6. The van der Waals surface area contributed by atoms with E-state index in [1.54, 1.807) is 0 Å². The summed E-state index contributed by atoms with van der Waals surface area (Å²) in [4.78, 5) is 24.8. The Labute approximate surface area is 132 Å². The normalized spacial score (nSPS) is 12.1. The summed E-state index contributed by atoms with van der Waals surface area (Å²) >= 11 is 0. The third kappa shape index (κ3) is 5.90. The molecule has 23 heavy (non-hydrogen) atoms. The van der Waals surface area contributed by atoms with Crippen LogP contribution >= 0.6 is 0 Å². The van der Waals surface area contributed by atoms with Crippen LogP contribution in [0.4, 0.5) is 18.9 Å². The van der Waals surface area contributed by atoms with Gasteiger partial charge in [0.25, 0.3) is 0 Å². The Morgan fingerprint density at radius 1 is 1.13 bits per heavy atom. The molecule has 8 heteroatoms. The number of benzene rings is 1. The molecule has 0 saturated carbocycles. The van der Waals surface area contributed by atoms with Crippen molar-refractivity contribution in [1.29, 1.82) is 0 Å².